The molecule has 3 heteroatoms. The maximum atomic E-state index is 4.56. The molecule has 0 saturated carbocycles. The highest BCUT2D eigenvalue weighted by Crippen LogP contribution is 2.19. The van der Waals surface area contributed by atoms with Gasteiger partial charge in [0, 0.05) is 24.5 Å². The quantitative estimate of drug-likeness (QED) is 0.876. The van der Waals surface area contributed by atoms with E-state index in [1.807, 2.05) is 13.0 Å². The maximum absolute atomic E-state index is 4.56. The Morgan fingerprint density at radius 3 is 2.48 bits per heavy atom. The van der Waals surface area contributed by atoms with Crippen LogP contribution >= 0.6 is 0 Å². The lowest BCUT2D eigenvalue weighted by molar-refractivity contribution is 0.598. The van der Waals surface area contributed by atoms with Crippen molar-refractivity contribution >= 4 is 5.69 Å². The molecule has 0 amide bonds. The highest BCUT2D eigenvalue weighted by atomic mass is 15.1. The summed E-state index contributed by atoms with van der Waals surface area (Å²) in [6.07, 6.45) is 0. The van der Waals surface area contributed by atoms with Crippen LogP contribution in [-0.2, 0) is 6.54 Å². The zero-order chi connectivity index (χ0) is 15.2. The number of rotatable bonds is 6. The molecule has 0 aliphatic rings. The third kappa shape index (κ3) is 4.30. The topological polar surface area (TPSA) is 28.2 Å². The van der Waals surface area contributed by atoms with E-state index < -0.39 is 0 Å². The molecule has 0 spiro atoms. The lowest BCUT2D eigenvalue weighted by atomic mass is 10.1. The zero-order valence-electron chi connectivity index (χ0n) is 13.4. The van der Waals surface area contributed by atoms with Crippen molar-refractivity contribution in [2.24, 2.45) is 0 Å². The number of nitrogens with one attached hydrogen (secondary N) is 1. The van der Waals surface area contributed by atoms with Crippen molar-refractivity contribution in [3.8, 4) is 0 Å². The molecule has 0 saturated heterocycles. The van der Waals surface area contributed by atoms with E-state index in [1.54, 1.807) is 0 Å². The van der Waals surface area contributed by atoms with Gasteiger partial charge in [-0.05, 0) is 50.2 Å². The van der Waals surface area contributed by atoms with Crippen LogP contribution in [0.3, 0.4) is 0 Å². The van der Waals surface area contributed by atoms with Gasteiger partial charge in [0.25, 0.3) is 0 Å². The van der Waals surface area contributed by atoms with Crippen molar-refractivity contribution in [1.82, 2.24) is 10.3 Å². The fourth-order valence-corrected chi connectivity index (χ4v) is 2.46. The second-order valence-electron chi connectivity index (χ2n) is 5.50. The molecular formula is C18H25N3. The van der Waals surface area contributed by atoms with E-state index in [2.05, 4.69) is 72.5 Å². The largest absolute Gasteiger partial charge is 0.369 e. The third-order valence-corrected chi connectivity index (χ3v) is 3.69. The SMILES string of the molecule is CCNC(C)c1ccc(N(C)Cc2cccc(C)n2)cc1. The molecule has 0 aliphatic heterocycles. The van der Waals surface area contributed by atoms with Gasteiger partial charge in [-0.15, -0.1) is 0 Å². The van der Waals surface area contributed by atoms with Gasteiger partial charge in [0.05, 0.1) is 12.2 Å². The number of aryl methyl sites for hydroxylation is 1. The van der Waals surface area contributed by atoms with Crippen LogP contribution in [0.2, 0.25) is 0 Å². The molecule has 0 fully saturated rings. The molecular weight excluding hydrogens is 258 g/mol. The summed E-state index contributed by atoms with van der Waals surface area (Å²) in [6, 6.07) is 15.3. The molecule has 1 aromatic heterocycles. The van der Waals surface area contributed by atoms with Crippen molar-refractivity contribution < 1.29 is 0 Å². The molecule has 1 heterocycles. The summed E-state index contributed by atoms with van der Waals surface area (Å²) in [5.41, 5.74) is 4.70. The van der Waals surface area contributed by atoms with E-state index in [-0.39, 0.29) is 0 Å². The third-order valence-electron chi connectivity index (χ3n) is 3.69. The first kappa shape index (κ1) is 15.5. The van der Waals surface area contributed by atoms with Crippen molar-refractivity contribution in [1.29, 1.82) is 0 Å². The Morgan fingerprint density at radius 2 is 1.86 bits per heavy atom. The summed E-state index contributed by atoms with van der Waals surface area (Å²) >= 11 is 0. The monoisotopic (exact) mass is 283 g/mol. The maximum Gasteiger partial charge on any atom is 0.0600 e. The van der Waals surface area contributed by atoms with E-state index in [0.717, 1.165) is 24.5 Å². The van der Waals surface area contributed by atoms with Crippen LogP contribution in [0.25, 0.3) is 0 Å². The molecule has 0 aliphatic carbocycles. The first-order valence-electron chi connectivity index (χ1n) is 7.57. The summed E-state index contributed by atoms with van der Waals surface area (Å²) in [5.74, 6) is 0. The summed E-state index contributed by atoms with van der Waals surface area (Å²) in [7, 11) is 2.10. The first-order valence-corrected chi connectivity index (χ1v) is 7.57. The van der Waals surface area contributed by atoms with Crippen LogP contribution in [-0.4, -0.2) is 18.6 Å². The Morgan fingerprint density at radius 1 is 1.14 bits per heavy atom. The van der Waals surface area contributed by atoms with Gasteiger partial charge in [-0.2, -0.15) is 0 Å². The van der Waals surface area contributed by atoms with Crippen molar-refractivity contribution in [3.63, 3.8) is 0 Å². The van der Waals surface area contributed by atoms with Gasteiger partial charge < -0.3 is 10.2 Å². The van der Waals surface area contributed by atoms with Gasteiger partial charge >= 0.3 is 0 Å². The van der Waals surface area contributed by atoms with E-state index in [4.69, 9.17) is 0 Å². The minimum atomic E-state index is 0.396. The summed E-state index contributed by atoms with van der Waals surface area (Å²) < 4.78 is 0. The van der Waals surface area contributed by atoms with Crippen LogP contribution in [0.15, 0.2) is 42.5 Å². The van der Waals surface area contributed by atoms with E-state index in [1.165, 1.54) is 11.3 Å². The van der Waals surface area contributed by atoms with Crippen molar-refractivity contribution in [3.05, 3.63) is 59.4 Å². The number of hydrogen-bond donors (Lipinski definition) is 1. The average molecular weight is 283 g/mol. The van der Waals surface area contributed by atoms with Gasteiger partial charge in [-0.1, -0.05) is 25.1 Å². The van der Waals surface area contributed by atoms with Gasteiger partial charge in [0.2, 0.25) is 0 Å². The fraction of sp³-hybridized carbons (Fsp3) is 0.389. The Hall–Kier alpha value is -1.87. The number of nitrogens with zero attached hydrogens (tertiary/aromatic N) is 2. The number of benzene rings is 1. The zero-order valence-corrected chi connectivity index (χ0v) is 13.4. The molecule has 3 nitrogen and oxygen atoms in total. The highest BCUT2D eigenvalue weighted by Gasteiger charge is 2.06. The van der Waals surface area contributed by atoms with Gasteiger partial charge in [0.15, 0.2) is 0 Å². The second-order valence-corrected chi connectivity index (χ2v) is 5.50. The molecule has 2 rings (SSSR count). The molecule has 0 radical (unpaired) electrons. The smallest absolute Gasteiger partial charge is 0.0600 e. The molecule has 0 bridgehead atoms. The molecule has 2 aromatic rings. The minimum absolute atomic E-state index is 0.396. The minimum Gasteiger partial charge on any atom is -0.369 e. The molecule has 1 unspecified atom stereocenters. The van der Waals surface area contributed by atoms with Gasteiger partial charge in [0.1, 0.15) is 0 Å². The van der Waals surface area contributed by atoms with E-state index >= 15 is 0 Å². The lowest BCUT2D eigenvalue weighted by Crippen LogP contribution is -2.19. The van der Waals surface area contributed by atoms with Crippen LogP contribution < -0.4 is 10.2 Å². The Bertz CT molecular complexity index is 563. The number of pyridine rings is 1. The molecule has 1 atom stereocenters. The average Bonchev–Trinajstić information content (AvgIpc) is 2.47. The standard InChI is InChI=1S/C18H25N3/c1-5-19-15(3)16-9-11-18(12-10-16)21(4)13-17-8-6-7-14(2)20-17/h6-12,15,19H,5,13H2,1-4H3. The number of anilines is 1. The van der Waals surface area contributed by atoms with Crippen molar-refractivity contribution in [2.75, 3.05) is 18.5 Å². The van der Waals surface area contributed by atoms with Crippen LogP contribution in [0, 0.1) is 6.92 Å². The Balaban J connectivity index is 2.04. The van der Waals surface area contributed by atoms with E-state index in [9.17, 15) is 0 Å². The summed E-state index contributed by atoms with van der Waals surface area (Å²) in [5, 5.41) is 3.43. The van der Waals surface area contributed by atoms with Crippen LogP contribution in [0.5, 0.6) is 0 Å². The van der Waals surface area contributed by atoms with Crippen LogP contribution in [0.4, 0.5) is 5.69 Å². The van der Waals surface area contributed by atoms with Crippen LogP contribution in [0.1, 0.15) is 36.8 Å². The number of aromatic nitrogens is 1. The molecule has 1 aromatic carbocycles. The summed E-state index contributed by atoms with van der Waals surface area (Å²) in [6.45, 7) is 8.17. The fourth-order valence-electron chi connectivity index (χ4n) is 2.46. The second kappa shape index (κ2) is 7.23. The molecule has 1 N–H and O–H groups in total. The predicted octanol–water partition coefficient (Wildman–Crippen LogP) is 3.70. The Labute approximate surface area is 128 Å². The number of hydrogen-bond acceptors (Lipinski definition) is 3. The van der Waals surface area contributed by atoms with E-state index in [0.29, 0.717) is 6.04 Å². The molecule has 21 heavy (non-hydrogen) atoms. The lowest BCUT2D eigenvalue weighted by Gasteiger charge is -2.20. The van der Waals surface area contributed by atoms with Crippen molar-refractivity contribution in [2.45, 2.75) is 33.4 Å². The van der Waals surface area contributed by atoms with Gasteiger partial charge in [-0.25, -0.2) is 0 Å². The molecule has 112 valence electrons. The Kier molecular flexibility index (Phi) is 5.34. The normalized spacial score (nSPS) is 12.2. The van der Waals surface area contributed by atoms with Gasteiger partial charge in [-0.3, -0.25) is 4.98 Å². The first-order chi connectivity index (χ1) is 10.1. The highest BCUT2D eigenvalue weighted by molar-refractivity contribution is 5.47. The predicted molar refractivity (Wildman–Crippen MR) is 89.6 cm³/mol. The summed E-state index contributed by atoms with van der Waals surface area (Å²) in [4.78, 5) is 6.78.